The molecule has 2 aliphatic rings. The smallest absolute Gasteiger partial charge is 0.406 e. The molecular formula is C31H38F3N5O4S. The quantitative estimate of drug-likeness (QED) is 0.355. The maximum Gasteiger partial charge on any atom is 0.406 e. The summed E-state index contributed by atoms with van der Waals surface area (Å²) >= 11 is 0. The zero-order chi connectivity index (χ0) is 31.5. The molecular weight excluding hydrogens is 595 g/mol. The first-order chi connectivity index (χ1) is 20.9. The number of halogens is 3. The third kappa shape index (κ3) is 7.61. The van der Waals surface area contributed by atoms with Crippen LogP contribution in [0, 0.1) is 11.8 Å². The van der Waals surface area contributed by atoms with Crippen molar-refractivity contribution in [2.45, 2.75) is 55.4 Å². The number of aromatic nitrogens is 1. The molecule has 2 aromatic carbocycles. The number of rotatable bonds is 8. The monoisotopic (exact) mass is 633 g/mol. The standard InChI is InChI=1S/C31H38F3N5O4S/c1-37(29-13-12-25(44(35,40)41)20-30(29)42-2)14-4-5-24-19-26-27(6-3-7-28(26)39(24)21-31(32,33)34)36-22-8-10-23(11-9-22)38-15-17-43-18-16-38/h3,6-7,12-13,19-20,22-23,36H,8-11,14-18,21H2,1-2H3,(H2,35,40,41). The average molecular weight is 634 g/mol. The summed E-state index contributed by atoms with van der Waals surface area (Å²) in [5.74, 6) is 6.20. The summed E-state index contributed by atoms with van der Waals surface area (Å²) < 4.78 is 76.6. The van der Waals surface area contributed by atoms with Gasteiger partial charge in [0.15, 0.2) is 0 Å². The van der Waals surface area contributed by atoms with Crippen molar-refractivity contribution in [1.82, 2.24) is 9.47 Å². The molecule has 238 valence electrons. The molecule has 0 atom stereocenters. The zero-order valence-corrected chi connectivity index (χ0v) is 25.7. The van der Waals surface area contributed by atoms with Crippen LogP contribution >= 0.6 is 0 Å². The number of fused-ring (bicyclic) bond motifs is 1. The van der Waals surface area contributed by atoms with E-state index in [4.69, 9.17) is 14.6 Å². The van der Waals surface area contributed by atoms with Crippen LogP contribution in [-0.4, -0.2) is 83.2 Å². The van der Waals surface area contributed by atoms with Crippen LogP contribution < -0.4 is 20.1 Å². The molecule has 1 aromatic heterocycles. The van der Waals surface area contributed by atoms with Crippen molar-refractivity contribution in [3.05, 3.63) is 48.2 Å². The highest BCUT2D eigenvalue weighted by Gasteiger charge is 2.31. The number of primary sulfonamides is 1. The molecule has 0 amide bonds. The van der Waals surface area contributed by atoms with Gasteiger partial charge < -0.3 is 24.3 Å². The number of hydrogen-bond donors (Lipinski definition) is 2. The van der Waals surface area contributed by atoms with E-state index in [0.29, 0.717) is 22.6 Å². The molecule has 2 fully saturated rings. The number of benzene rings is 2. The second-order valence-corrected chi connectivity index (χ2v) is 12.9. The van der Waals surface area contributed by atoms with Crippen molar-refractivity contribution >= 4 is 32.3 Å². The Balaban J connectivity index is 1.35. The van der Waals surface area contributed by atoms with E-state index in [2.05, 4.69) is 22.1 Å². The molecule has 44 heavy (non-hydrogen) atoms. The van der Waals surface area contributed by atoms with Gasteiger partial charge in [-0.25, -0.2) is 13.6 Å². The minimum atomic E-state index is -4.43. The Morgan fingerprint density at radius 2 is 1.84 bits per heavy atom. The molecule has 1 aliphatic carbocycles. The van der Waals surface area contributed by atoms with Crippen molar-refractivity contribution in [2.75, 3.05) is 57.2 Å². The number of sulfonamides is 1. The zero-order valence-electron chi connectivity index (χ0n) is 24.9. The van der Waals surface area contributed by atoms with Crippen molar-refractivity contribution < 1.29 is 31.1 Å². The van der Waals surface area contributed by atoms with Crippen LogP contribution in [0.2, 0.25) is 0 Å². The lowest BCUT2D eigenvalue weighted by Crippen LogP contribution is -2.46. The first-order valence-electron chi connectivity index (χ1n) is 14.6. The molecule has 0 bridgehead atoms. The van der Waals surface area contributed by atoms with Crippen LogP contribution in [0.3, 0.4) is 0 Å². The van der Waals surface area contributed by atoms with Gasteiger partial charge >= 0.3 is 6.18 Å². The van der Waals surface area contributed by atoms with Gasteiger partial charge in [0.05, 0.1) is 48.7 Å². The highest BCUT2D eigenvalue weighted by atomic mass is 32.2. The SMILES string of the molecule is COc1cc(S(N)(=O)=O)ccc1N(C)CC#Cc1cc2c(NC3CCC(N4CCOCC4)CC3)cccc2n1CC(F)(F)F. The lowest BCUT2D eigenvalue weighted by molar-refractivity contribution is -0.140. The third-order valence-corrected chi connectivity index (χ3v) is 9.24. The van der Waals surface area contributed by atoms with Gasteiger partial charge in [-0.3, -0.25) is 4.90 Å². The van der Waals surface area contributed by atoms with Gasteiger partial charge in [0.25, 0.3) is 0 Å². The van der Waals surface area contributed by atoms with Crippen LogP contribution in [0.25, 0.3) is 10.9 Å². The molecule has 1 saturated carbocycles. The number of methoxy groups -OCH3 is 1. The van der Waals surface area contributed by atoms with Crippen molar-refractivity contribution in [2.24, 2.45) is 5.14 Å². The van der Waals surface area contributed by atoms with Crippen LogP contribution in [-0.2, 0) is 21.3 Å². The van der Waals surface area contributed by atoms with Crippen molar-refractivity contribution in [3.63, 3.8) is 0 Å². The first kappa shape index (κ1) is 32.0. The van der Waals surface area contributed by atoms with E-state index >= 15 is 0 Å². The molecule has 3 N–H and O–H groups in total. The summed E-state index contributed by atoms with van der Waals surface area (Å²) in [7, 11) is -0.785. The van der Waals surface area contributed by atoms with Gasteiger partial charge in [0.2, 0.25) is 10.0 Å². The topological polar surface area (TPSA) is 102 Å². The third-order valence-electron chi connectivity index (χ3n) is 8.33. The van der Waals surface area contributed by atoms with Crippen molar-refractivity contribution in [1.29, 1.82) is 0 Å². The predicted octanol–water partition coefficient (Wildman–Crippen LogP) is 4.40. The lowest BCUT2D eigenvalue weighted by atomic mass is 9.89. The summed E-state index contributed by atoms with van der Waals surface area (Å²) in [4.78, 5) is 4.13. The molecule has 1 saturated heterocycles. The summed E-state index contributed by atoms with van der Waals surface area (Å²) in [6.07, 6.45) is -0.311. The fourth-order valence-electron chi connectivity index (χ4n) is 6.10. The summed E-state index contributed by atoms with van der Waals surface area (Å²) in [5, 5.41) is 9.54. The number of nitrogens with two attached hydrogens (primary N) is 1. The highest BCUT2D eigenvalue weighted by molar-refractivity contribution is 7.89. The Bertz CT molecular complexity index is 1630. The van der Waals surface area contributed by atoms with Gasteiger partial charge in [0.1, 0.15) is 12.3 Å². The second-order valence-electron chi connectivity index (χ2n) is 11.3. The van der Waals surface area contributed by atoms with Crippen LogP contribution in [0.1, 0.15) is 31.4 Å². The van der Waals surface area contributed by atoms with E-state index in [-0.39, 0.29) is 28.9 Å². The van der Waals surface area contributed by atoms with Crippen LogP contribution in [0.5, 0.6) is 5.75 Å². The van der Waals surface area contributed by atoms with E-state index in [0.717, 1.165) is 57.7 Å². The molecule has 13 heteroatoms. The van der Waals surface area contributed by atoms with E-state index in [9.17, 15) is 21.6 Å². The largest absolute Gasteiger partial charge is 0.495 e. The summed E-state index contributed by atoms with van der Waals surface area (Å²) in [6, 6.07) is 12.1. The molecule has 5 rings (SSSR count). The van der Waals surface area contributed by atoms with Gasteiger partial charge in [-0.05, 0) is 61.9 Å². The Hall–Kier alpha value is -3.44. The number of alkyl halides is 3. The lowest BCUT2D eigenvalue weighted by Gasteiger charge is -2.39. The van der Waals surface area contributed by atoms with E-state index in [1.165, 1.54) is 23.8 Å². The van der Waals surface area contributed by atoms with Gasteiger partial charge in [0, 0.05) is 49.4 Å². The molecule has 2 heterocycles. The van der Waals surface area contributed by atoms with Gasteiger partial charge in [-0.2, -0.15) is 13.2 Å². The number of nitrogens with zero attached hydrogens (tertiary/aromatic N) is 3. The van der Waals surface area contributed by atoms with Crippen LogP contribution in [0.15, 0.2) is 47.4 Å². The van der Waals surface area contributed by atoms with E-state index in [1.54, 1.807) is 36.2 Å². The fourth-order valence-corrected chi connectivity index (χ4v) is 6.62. The minimum Gasteiger partial charge on any atom is -0.495 e. The van der Waals surface area contributed by atoms with Crippen LogP contribution in [0.4, 0.5) is 24.5 Å². The molecule has 0 radical (unpaired) electrons. The van der Waals surface area contributed by atoms with E-state index < -0.39 is 22.7 Å². The average Bonchev–Trinajstić information content (AvgIpc) is 3.33. The second kappa shape index (κ2) is 13.3. The number of anilines is 2. The normalized spacial score (nSPS) is 19.8. The summed E-state index contributed by atoms with van der Waals surface area (Å²) in [5.41, 5.74) is 2.08. The Morgan fingerprint density at radius 1 is 1.11 bits per heavy atom. The first-order valence-corrected chi connectivity index (χ1v) is 16.2. The molecule has 1 aliphatic heterocycles. The molecule has 3 aromatic rings. The Labute approximate surface area is 256 Å². The maximum absolute atomic E-state index is 13.7. The van der Waals surface area contributed by atoms with Gasteiger partial charge in [-0.15, -0.1) is 0 Å². The number of morpholine rings is 1. The number of hydrogen-bond acceptors (Lipinski definition) is 7. The fraction of sp³-hybridized carbons (Fsp3) is 0.484. The van der Waals surface area contributed by atoms with E-state index in [1.807, 2.05) is 6.07 Å². The molecule has 9 nitrogen and oxygen atoms in total. The maximum atomic E-state index is 13.7. The predicted molar refractivity (Wildman–Crippen MR) is 165 cm³/mol. The highest BCUT2D eigenvalue weighted by Crippen LogP contribution is 2.33. The Kier molecular flexibility index (Phi) is 9.65. The number of ether oxygens (including phenoxy) is 2. The molecule has 0 spiro atoms. The molecule has 0 unspecified atom stereocenters. The van der Waals surface area contributed by atoms with Gasteiger partial charge in [-0.1, -0.05) is 12.0 Å². The Morgan fingerprint density at radius 3 is 2.50 bits per heavy atom. The number of nitrogens with one attached hydrogen (secondary N) is 1. The van der Waals surface area contributed by atoms with Crippen molar-refractivity contribution in [3.8, 4) is 17.6 Å². The summed E-state index contributed by atoms with van der Waals surface area (Å²) in [6.45, 7) is 2.47. The minimum absolute atomic E-state index is 0.0937.